The first-order valence-corrected chi connectivity index (χ1v) is 9.30. The first-order chi connectivity index (χ1) is 12.9. The summed E-state index contributed by atoms with van der Waals surface area (Å²) in [5, 5.41) is -1.08. The fraction of sp³-hybridized carbons (Fsp3) is 0.500. The zero-order valence-corrected chi connectivity index (χ0v) is 17.4. The molecule has 1 atom stereocenters. The van der Waals surface area contributed by atoms with Crippen LogP contribution >= 0.6 is 12.6 Å². The van der Waals surface area contributed by atoms with Gasteiger partial charge in [0, 0.05) is 12.0 Å². The van der Waals surface area contributed by atoms with Gasteiger partial charge in [0.2, 0.25) is 5.75 Å². The van der Waals surface area contributed by atoms with Gasteiger partial charge in [-0.2, -0.15) is 12.6 Å². The van der Waals surface area contributed by atoms with Crippen molar-refractivity contribution < 1.29 is 28.5 Å². The fourth-order valence-corrected chi connectivity index (χ4v) is 2.64. The fourth-order valence-electron chi connectivity index (χ4n) is 2.47. The Morgan fingerprint density at radius 2 is 1.74 bits per heavy atom. The molecule has 0 radical (unpaired) electrons. The maximum atomic E-state index is 12.4. The largest absolute Gasteiger partial charge is 0.493 e. The molecule has 1 unspecified atom stereocenters. The molecule has 1 rings (SSSR count). The van der Waals surface area contributed by atoms with Gasteiger partial charge in [0.05, 0.1) is 27.9 Å². The van der Waals surface area contributed by atoms with E-state index in [9.17, 15) is 9.59 Å². The Balaban J connectivity index is 3.06. The van der Waals surface area contributed by atoms with Crippen molar-refractivity contribution in [2.24, 2.45) is 0 Å². The van der Waals surface area contributed by atoms with E-state index in [2.05, 4.69) is 12.6 Å². The highest BCUT2D eigenvalue weighted by Crippen LogP contribution is 2.40. The van der Waals surface area contributed by atoms with Crippen LogP contribution in [0, 0.1) is 0 Å². The summed E-state index contributed by atoms with van der Waals surface area (Å²) in [4.78, 5) is 24.2. The molecule has 0 heterocycles. The number of allylic oxidation sites excluding steroid dienone is 1. The van der Waals surface area contributed by atoms with Gasteiger partial charge >= 0.3 is 5.97 Å². The summed E-state index contributed by atoms with van der Waals surface area (Å²) in [6.07, 6.45) is 3.29. The van der Waals surface area contributed by atoms with Crippen molar-refractivity contribution in [2.75, 3.05) is 27.9 Å². The van der Waals surface area contributed by atoms with Crippen LogP contribution in [-0.4, -0.2) is 44.9 Å². The number of benzene rings is 1. The Morgan fingerprint density at radius 3 is 2.26 bits per heavy atom. The van der Waals surface area contributed by atoms with E-state index < -0.39 is 11.2 Å². The van der Waals surface area contributed by atoms with Crippen LogP contribution in [0.15, 0.2) is 17.7 Å². The van der Waals surface area contributed by atoms with Crippen LogP contribution < -0.4 is 14.2 Å². The van der Waals surface area contributed by atoms with Crippen molar-refractivity contribution in [1.82, 2.24) is 0 Å². The first-order valence-electron chi connectivity index (χ1n) is 8.79. The molecule has 0 aliphatic heterocycles. The molecule has 150 valence electrons. The summed E-state index contributed by atoms with van der Waals surface area (Å²) < 4.78 is 21.1. The van der Waals surface area contributed by atoms with Crippen molar-refractivity contribution in [3.8, 4) is 17.2 Å². The van der Waals surface area contributed by atoms with Crippen molar-refractivity contribution in [1.29, 1.82) is 0 Å². The molecule has 0 saturated carbocycles. The Bertz CT molecular complexity index is 683. The predicted octanol–water partition coefficient (Wildman–Crippen LogP) is 3.72. The van der Waals surface area contributed by atoms with Gasteiger partial charge in [-0.15, -0.1) is 0 Å². The van der Waals surface area contributed by atoms with Crippen LogP contribution in [0.1, 0.15) is 38.7 Å². The van der Waals surface area contributed by atoms with E-state index in [0.29, 0.717) is 30.1 Å². The summed E-state index contributed by atoms with van der Waals surface area (Å²) in [5.74, 6) is 0.636. The molecule has 0 N–H and O–H groups in total. The molecule has 0 fully saturated rings. The van der Waals surface area contributed by atoms with Gasteiger partial charge < -0.3 is 18.9 Å². The molecule has 27 heavy (non-hydrogen) atoms. The van der Waals surface area contributed by atoms with Crippen molar-refractivity contribution in [3.05, 3.63) is 23.3 Å². The van der Waals surface area contributed by atoms with E-state index in [4.69, 9.17) is 18.9 Å². The second-order valence-corrected chi connectivity index (χ2v) is 6.31. The Morgan fingerprint density at radius 1 is 1.07 bits per heavy atom. The lowest BCUT2D eigenvalue weighted by Gasteiger charge is -2.15. The molecule has 7 heteroatoms. The van der Waals surface area contributed by atoms with E-state index in [1.54, 1.807) is 20.3 Å². The second-order valence-electron chi connectivity index (χ2n) is 5.79. The summed E-state index contributed by atoms with van der Waals surface area (Å²) in [7, 11) is 4.62. The third-order valence-electron chi connectivity index (χ3n) is 3.93. The Labute approximate surface area is 166 Å². The van der Waals surface area contributed by atoms with Crippen molar-refractivity contribution in [2.45, 2.75) is 38.4 Å². The number of methoxy groups -OCH3 is 3. The molecule has 0 aliphatic rings. The number of Topliss-reactive ketones (excluding diaryl/α,β-unsaturated/α-hetero) is 1. The van der Waals surface area contributed by atoms with Crippen LogP contribution in [0.3, 0.4) is 0 Å². The molecule has 0 bridgehead atoms. The molecule has 0 aliphatic carbocycles. The standard InChI is InChI=1S/C20H28O6S/c1-6-10-26-20(22)19(27)15(21)12-13(7-2)11-14-8-9-16(23-3)18(25-5)17(14)24-4/h8-9,11,19,27H,6-7,10,12H2,1-5H3/b13-11+. The number of hydrogen-bond acceptors (Lipinski definition) is 7. The number of ketones is 1. The third kappa shape index (κ3) is 6.20. The summed E-state index contributed by atoms with van der Waals surface area (Å²) >= 11 is 4.12. The van der Waals surface area contributed by atoms with Gasteiger partial charge in [-0.25, -0.2) is 0 Å². The topological polar surface area (TPSA) is 71.1 Å². The zero-order chi connectivity index (χ0) is 20.4. The molecule has 0 aromatic heterocycles. The zero-order valence-electron chi connectivity index (χ0n) is 16.5. The number of thiol groups is 1. The smallest absolute Gasteiger partial charge is 0.326 e. The minimum atomic E-state index is -1.08. The lowest BCUT2D eigenvalue weighted by molar-refractivity contribution is -0.145. The van der Waals surface area contributed by atoms with Crippen LogP contribution in [-0.2, 0) is 14.3 Å². The van der Waals surface area contributed by atoms with E-state index >= 15 is 0 Å². The molecule has 1 aromatic carbocycles. The van der Waals surface area contributed by atoms with Gasteiger partial charge in [0.15, 0.2) is 22.5 Å². The summed E-state index contributed by atoms with van der Waals surface area (Å²) in [5.41, 5.74) is 1.59. The summed E-state index contributed by atoms with van der Waals surface area (Å²) in [6, 6.07) is 3.60. The normalized spacial score (nSPS) is 12.3. The monoisotopic (exact) mass is 396 g/mol. The third-order valence-corrected chi connectivity index (χ3v) is 4.43. The highest BCUT2D eigenvalue weighted by Gasteiger charge is 2.24. The van der Waals surface area contributed by atoms with Gasteiger partial charge in [0.25, 0.3) is 0 Å². The van der Waals surface area contributed by atoms with Crippen LogP contribution in [0.5, 0.6) is 17.2 Å². The molecule has 0 saturated heterocycles. The van der Waals surface area contributed by atoms with Gasteiger partial charge in [-0.3, -0.25) is 9.59 Å². The van der Waals surface area contributed by atoms with Gasteiger partial charge in [-0.05, 0) is 25.0 Å². The van der Waals surface area contributed by atoms with Crippen LogP contribution in [0.4, 0.5) is 0 Å². The molecule has 0 spiro atoms. The maximum Gasteiger partial charge on any atom is 0.326 e. The quantitative estimate of drug-likeness (QED) is 0.349. The lowest BCUT2D eigenvalue weighted by Crippen LogP contribution is -2.27. The highest BCUT2D eigenvalue weighted by molar-refractivity contribution is 7.82. The predicted molar refractivity (Wildman–Crippen MR) is 108 cm³/mol. The van der Waals surface area contributed by atoms with Crippen molar-refractivity contribution in [3.63, 3.8) is 0 Å². The summed E-state index contributed by atoms with van der Waals surface area (Å²) in [6.45, 7) is 4.11. The van der Waals surface area contributed by atoms with Crippen molar-refractivity contribution >= 4 is 30.5 Å². The van der Waals surface area contributed by atoms with Crippen LogP contribution in [0.2, 0.25) is 0 Å². The minimum absolute atomic E-state index is 0.101. The van der Waals surface area contributed by atoms with E-state index in [1.165, 1.54) is 7.11 Å². The average molecular weight is 397 g/mol. The number of carbonyl (C=O) groups excluding carboxylic acids is 2. The molecule has 6 nitrogen and oxygen atoms in total. The van der Waals surface area contributed by atoms with E-state index in [1.807, 2.05) is 26.0 Å². The van der Waals surface area contributed by atoms with Gasteiger partial charge in [-0.1, -0.05) is 25.5 Å². The maximum absolute atomic E-state index is 12.4. The highest BCUT2D eigenvalue weighted by atomic mass is 32.1. The Kier molecular flexibility index (Phi) is 9.78. The minimum Gasteiger partial charge on any atom is -0.493 e. The Hall–Kier alpha value is -2.15. The van der Waals surface area contributed by atoms with Gasteiger partial charge in [0.1, 0.15) is 0 Å². The number of carbonyl (C=O) groups is 2. The number of hydrogen-bond donors (Lipinski definition) is 1. The molecular weight excluding hydrogens is 368 g/mol. The van der Waals surface area contributed by atoms with Crippen LogP contribution in [0.25, 0.3) is 6.08 Å². The van der Waals surface area contributed by atoms with E-state index in [-0.39, 0.29) is 18.8 Å². The molecular formula is C20H28O6S. The second kappa shape index (κ2) is 11.5. The number of rotatable bonds is 11. The number of ether oxygens (including phenoxy) is 4. The lowest BCUT2D eigenvalue weighted by atomic mass is 10.0. The molecule has 0 amide bonds. The number of esters is 1. The average Bonchev–Trinajstić information content (AvgIpc) is 2.69. The first kappa shape index (κ1) is 22.9. The van der Waals surface area contributed by atoms with E-state index in [0.717, 1.165) is 11.1 Å². The molecule has 1 aromatic rings. The SMILES string of the molecule is CCCOC(=O)C(S)C(=O)C/C(=C/c1ccc(OC)c(OC)c1OC)CC.